The maximum absolute atomic E-state index is 13.2. The van der Waals surface area contributed by atoms with Crippen LogP contribution in [0.1, 0.15) is 0 Å². The molecule has 0 saturated carbocycles. The fourth-order valence-corrected chi connectivity index (χ4v) is 2.05. The number of nitrogens with two attached hydrogens (primary N) is 1. The summed E-state index contributed by atoms with van der Waals surface area (Å²) in [5, 5.41) is 0.580. The first kappa shape index (κ1) is 12.2. The van der Waals surface area contributed by atoms with Crippen molar-refractivity contribution in [3.63, 3.8) is 0 Å². The summed E-state index contributed by atoms with van der Waals surface area (Å²) in [4.78, 5) is 0. The van der Waals surface area contributed by atoms with Crippen molar-refractivity contribution < 1.29 is 9.13 Å². The predicted molar refractivity (Wildman–Crippen MR) is 70.0 cm³/mol. The minimum atomic E-state index is -0.507. The smallest absolute Gasteiger partial charge is 0.153 e. The van der Waals surface area contributed by atoms with Gasteiger partial charge >= 0.3 is 0 Å². The number of nitrogen functional groups attached to an aromatic ring is 1. The number of para-hydroxylation sites is 1. The normalized spacial score (nSPS) is 10.3. The molecule has 0 heterocycles. The second kappa shape index (κ2) is 4.94. The molecule has 88 valence electrons. The van der Waals surface area contributed by atoms with Crippen molar-refractivity contribution in [3.8, 4) is 11.5 Å². The van der Waals surface area contributed by atoms with Crippen LogP contribution in [0.4, 0.5) is 10.1 Å². The molecule has 0 amide bonds. The molecule has 0 radical (unpaired) electrons. The Balaban J connectivity index is 2.35. The second-order valence-electron chi connectivity index (χ2n) is 3.33. The lowest BCUT2D eigenvalue weighted by Gasteiger charge is -2.10. The lowest BCUT2D eigenvalue weighted by atomic mass is 10.3. The number of halogens is 3. The largest absolute Gasteiger partial charge is 0.454 e. The molecule has 0 fully saturated rings. The fraction of sp³-hybridized carbons (Fsp3) is 0. The summed E-state index contributed by atoms with van der Waals surface area (Å²) in [7, 11) is 0. The van der Waals surface area contributed by atoms with Crippen LogP contribution in [0.5, 0.6) is 11.5 Å². The van der Waals surface area contributed by atoms with Crippen LogP contribution in [0, 0.1) is 5.82 Å². The van der Waals surface area contributed by atoms with Crippen molar-refractivity contribution in [2.24, 2.45) is 0 Å². The van der Waals surface area contributed by atoms with Gasteiger partial charge in [0.2, 0.25) is 0 Å². The lowest BCUT2D eigenvalue weighted by Crippen LogP contribution is -1.95. The molecule has 2 rings (SSSR count). The molecule has 2 aromatic rings. The Morgan fingerprint density at radius 3 is 2.65 bits per heavy atom. The topological polar surface area (TPSA) is 35.2 Å². The molecule has 0 aromatic heterocycles. The van der Waals surface area contributed by atoms with Gasteiger partial charge in [-0.2, -0.15) is 0 Å². The van der Waals surface area contributed by atoms with Crippen molar-refractivity contribution in [1.29, 1.82) is 0 Å². The van der Waals surface area contributed by atoms with Crippen LogP contribution in [0.25, 0.3) is 0 Å². The number of anilines is 1. The van der Waals surface area contributed by atoms with Crippen LogP contribution >= 0.6 is 27.5 Å². The maximum Gasteiger partial charge on any atom is 0.153 e. The first-order chi connectivity index (χ1) is 8.08. The number of hydrogen-bond donors (Lipinski definition) is 1. The second-order valence-corrected chi connectivity index (χ2v) is 4.62. The maximum atomic E-state index is 13.2. The Morgan fingerprint density at radius 1 is 1.18 bits per heavy atom. The van der Waals surface area contributed by atoms with Gasteiger partial charge in [-0.1, -0.05) is 17.7 Å². The molecule has 0 spiro atoms. The summed E-state index contributed by atoms with van der Waals surface area (Å²) in [5.41, 5.74) is 5.55. The molecule has 0 aliphatic heterocycles. The van der Waals surface area contributed by atoms with E-state index in [1.165, 1.54) is 12.1 Å². The van der Waals surface area contributed by atoms with Gasteiger partial charge in [-0.15, -0.1) is 0 Å². The number of ether oxygens (including phenoxy) is 1. The molecule has 0 aliphatic rings. The molecule has 17 heavy (non-hydrogen) atoms. The third-order valence-electron chi connectivity index (χ3n) is 2.13. The van der Waals surface area contributed by atoms with E-state index in [4.69, 9.17) is 22.1 Å². The zero-order valence-corrected chi connectivity index (χ0v) is 10.9. The number of rotatable bonds is 2. The highest BCUT2D eigenvalue weighted by Gasteiger charge is 2.08. The van der Waals surface area contributed by atoms with Gasteiger partial charge in [-0.3, -0.25) is 0 Å². The molecular weight excluding hydrogens is 308 g/mol. The summed E-state index contributed by atoms with van der Waals surface area (Å²) < 4.78 is 19.4. The predicted octanol–water partition coefficient (Wildman–Crippen LogP) is 4.62. The fourth-order valence-electron chi connectivity index (χ4n) is 1.28. The lowest BCUT2D eigenvalue weighted by molar-refractivity contribution is 0.477. The van der Waals surface area contributed by atoms with Gasteiger partial charge in [0, 0.05) is 5.02 Å². The third kappa shape index (κ3) is 2.70. The van der Waals surface area contributed by atoms with Gasteiger partial charge in [0.1, 0.15) is 17.3 Å². The zero-order valence-electron chi connectivity index (χ0n) is 8.58. The van der Waals surface area contributed by atoms with E-state index in [1.807, 2.05) is 0 Å². The molecular formula is C12H8BrClFNO. The van der Waals surface area contributed by atoms with E-state index in [9.17, 15) is 4.39 Å². The average Bonchev–Trinajstić information content (AvgIpc) is 2.28. The van der Waals surface area contributed by atoms with Crippen molar-refractivity contribution >= 4 is 33.2 Å². The van der Waals surface area contributed by atoms with Gasteiger partial charge in [-0.25, -0.2) is 4.39 Å². The van der Waals surface area contributed by atoms with Crippen LogP contribution in [-0.2, 0) is 0 Å². The third-order valence-corrected chi connectivity index (χ3v) is 2.98. The average molecular weight is 317 g/mol. The van der Waals surface area contributed by atoms with Crippen LogP contribution in [0.3, 0.4) is 0 Å². The van der Waals surface area contributed by atoms with Crippen LogP contribution in [0.15, 0.2) is 40.9 Å². The quantitative estimate of drug-likeness (QED) is 0.821. The van der Waals surface area contributed by atoms with Gasteiger partial charge < -0.3 is 10.5 Å². The van der Waals surface area contributed by atoms with Crippen molar-refractivity contribution in [3.05, 3.63) is 51.7 Å². The summed E-state index contributed by atoms with van der Waals surface area (Å²) in [5.74, 6) is 0.285. The van der Waals surface area contributed by atoms with E-state index < -0.39 is 5.82 Å². The molecule has 2 nitrogen and oxygen atoms in total. The van der Waals surface area contributed by atoms with Crippen LogP contribution in [-0.4, -0.2) is 0 Å². The highest BCUT2D eigenvalue weighted by molar-refractivity contribution is 9.10. The van der Waals surface area contributed by atoms with Gasteiger partial charge in [-0.05, 0) is 46.3 Å². The summed E-state index contributed by atoms with van der Waals surface area (Å²) in [6, 6.07) is 9.45. The van der Waals surface area contributed by atoms with Gasteiger partial charge in [0.25, 0.3) is 0 Å². The summed E-state index contributed by atoms with van der Waals surface area (Å²) >= 11 is 9.11. The first-order valence-electron chi connectivity index (χ1n) is 4.75. The molecule has 0 bridgehead atoms. The monoisotopic (exact) mass is 315 g/mol. The Labute approximate surface area is 111 Å². The Hall–Kier alpha value is -1.26. The Morgan fingerprint density at radius 2 is 1.94 bits per heavy atom. The molecule has 0 unspecified atom stereocenters. The molecule has 0 aliphatic carbocycles. The summed E-state index contributed by atoms with van der Waals surface area (Å²) in [6.07, 6.45) is 0. The van der Waals surface area contributed by atoms with E-state index in [1.54, 1.807) is 24.3 Å². The van der Waals surface area contributed by atoms with Crippen LogP contribution in [0.2, 0.25) is 5.02 Å². The first-order valence-corrected chi connectivity index (χ1v) is 5.92. The van der Waals surface area contributed by atoms with Crippen molar-refractivity contribution in [1.82, 2.24) is 0 Å². The number of benzene rings is 2. The molecule has 0 saturated heterocycles. The van der Waals surface area contributed by atoms with E-state index >= 15 is 0 Å². The SMILES string of the molecule is Nc1c(F)cccc1Oc1ccc(Cl)cc1Br. The molecule has 2 N–H and O–H groups in total. The Kier molecular flexibility index (Phi) is 3.54. The van der Waals surface area contributed by atoms with E-state index in [0.717, 1.165) is 0 Å². The molecule has 0 atom stereocenters. The molecule has 2 aromatic carbocycles. The Bertz CT molecular complexity index is 562. The van der Waals surface area contributed by atoms with Crippen molar-refractivity contribution in [2.45, 2.75) is 0 Å². The molecule has 5 heteroatoms. The summed E-state index contributed by atoms with van der Waals surface area (Å²) in [6.45, 7) is 0. The zero-order chi connectivity index (χ0) is 12.4. The standard InChI is InChI=1S/C12H8BrClFNO/c13-8-6-7(14)4-5-10(8)17-11-3-1-2-9(15)12(11)16/h1-6H,16H2. The van der Waals surface area contributed by atoms with Crippen molar-refractivity contribution in [2.75, 3.05) is 5.73 Å². The minimum absolute atomic E-state index is 0.0191. The van der Waals surface area contributed by atoms with E-state index in [0.29, 0.717) is 15.2 Å². The highest BCUT2D eigenvalue weighted by atomic mass is 79.9. The van der Waals surface area contributed by atoms with Crippen LogP contribution < -0.4 is 10.5 Å². The van der Waals surface area contributed by atoms with E-state index in [2.05, 4.69) is 15.9 Å². The van der Waals surface area contributed by atoms with Gasteiger partial charge in [0.05, 0.1) is 4.47 Å². The van der Waals surface area contributed by atoms with Gasteiger partial charge in [0.15, 0.2) is 5.75 Å². The van der Waals surface area contributed by atoms with E-state index in [-0.39, 0.29) is 11.4 Å². The highest BCUT2D eigenvalue weighted by Crippen LogP contribution is 2.34. The minimum Gasteiger partial charge on any atom is -0.454 e. The number of hydrogen-bond acceptors (Lipinski definition) is 2.